The van der Waals surface area contributed by atoms with Crippen LogP contribution in [0.5, 0.6) is 0 Å². The predicted octanol–water partition coefficient (Wildman–Crippen LogP) is -0.419. The second-order valence-corrected chi connectivity index (χ2v) is 3.82. The lowest BCUT2D eigenvalue weighted by Gasteiger charge is -2.07. The van der Waals surface area contributed by atoms with Gasteiger partial charge >= 0.3 is 12.0 Å². The van der Waals surface area contributed by atoms with Crippen molar-refractivity contribution in [2.45, 2.75) is 0 Å². The van der Waals surface area contributed by atoms with Crippen molar-refractivity contribution in [3.63, 3.8) is 0 Å². The molecule has 1 aromatic rings. The highest BCUT2D eigenvalue weighted by Gasteiger charge is 2.07. The monoisotopic (exact) mass is 280 g/mol. The van der Waals surface area contributed by atoms with Gasteiger partial charge in [-0.25, -0.2) is 4.79 Å². The van der Waals surface area contributed by atoms with Crippen molar-refractivity contribution in [2.75, 3.05) is 25.0 Å². The van der Waals surface area contributed by atoms with Crippen LogP contribution in [0.1, 0.15) is 10.4 Å². The van der Waals surface area contributed by atoms with Crippen LogP contribution in [0.15, 0.2) is 24.3 Å². The molecule has 1 aromatic carbocycles. The maximum absolute atomic E-state index is 11.5. The minimum atomic E-state index is -1.12. The summed E-state index contributed by atoms with van der Waals surface area (Å²) < 4.78 is 0. The molecule has 0 aliphatic carbocycles. The average Bonchev–Trinajstić information content (AvgIpc) is 2.43. The van der Waals surface area contributed by atoms with Crippen LogP contribution < -0.4 is 21.7 Å². The molecule has 0 fully saturated rings. The van der Waals surface area contributed by atoms with Gasteiger partial charge in [0, 0.05) is 24.3 Å². The molecule has 0 bridgehead atoms. The van der Waals surface area contributed by atoms with Crippen molar-refractivity contribution in [3.8, 4) is 0 Å². The Labute approximate surface area is 115 Å². The molecule has 20 heavy (non-hydrogen) atoms. The van der Waals surface area contributed by atoms with E-state index in [4.69, 9.17) is 10.8 Å². The van der Waals surface area contributed by atoms with Crippen molar-refractivity contribution in [1.82, 2.24) is 10.6 Å². The second kappa shape index (κ2) is 7.74. The first kappa shape index (κ1) is 15.4. The van der Waals surface area contributed by atoms with E-state index in [2.05, 4.69) is 16.0 Å². The molecule has 0 saturated carbocycles. The minimum Gasteiger partial charge on any atom is -0.480 e. The number of nitrogens with one attached hydrogen (secondary N) is 3. The summed E-state index contributed by atoms with van der Waals surface area (Å²) in [4.78, 5) is 33.2. The van der Waals surface area contributed by atoms with Gasteiger partial charge in [-0.2, -0.15) is 0 Å². The van der Waals surface area contributed by atoms with Crippen LogP contribution in [0.25, 0.3) is 0 Å². The Kier molecular flexibility index (Phi) is 5.98. The Hall–Kier alpha value is -2.61. The maximum Gasteiger partial charge on any atom is 0.322 e. The SMILES string of the molecule is NCCNC(=O)Nc1ccc(C(=O)NCC(=O)O)cc1. The number of hydrogen-bond acceptors (Lipinski definition) is 4. The summed E-state index contributed by atoms with van der Waals surface area (Å²) in [5, 5.41) is 15.8. The predicted molar refractivity (Wildman–Crippen MR) is 72.5 cm³/mol. The Morgan fingerprint density at radius 1 is 1.10 bits per heavy atom. The third-order valence-electron chi connectivity index (χ3n) is 2.24. The lowest BCUT2D eigenvalue weighted by molar-refractivity contribution is -0.135. The van der Waals surface area contributed by atoms with Crippen LogP contribution in [-0.4, -0.2) is 42.6 Å². The molecule has 8 heteroatoms. The van der Waals surface area contributed by atoms with E-state index in [0.717, 1.165) is 0 Å². The van der Waals surface area contributed by atoms with Gasteiger partial charge in [0.2, 0.25) is 0 Å². The van der Waals surface area contributed by atoms with Gasteiger partial charge in [-0.05, 0) is 24.3 Å². The lowest BCUT2D eigenvalue weighted by atomic mass is 10.2. The molecule has 0 heterocycles. The molecule has 0 aromatic heterocycles. The molecule has 0 unspecified atom stereocenters. The number of benzene rings is 1. The zero-order valence-electron chi connectivity index (χ0n) is 10.7. The molecule has 6 N–H and O–H groups in total. The number of carbonyl (C=O) groups is 3. The molecular weight excluding hydrogens is 264 g/mol. The summed E-state index contributed by atoms with van der Waals surface area (Å²) >= 11 is 0. The maximum atomic E-state index is 11.5. The standard InChI is InChI=1S/C12H16N4O4/c13-5-6-14-12(20)16-9-3-1-8(2-4-9)11(19)15-7-10(17)18/h1-4H,5-7,13H2,(H,15,19)(H,17,18)(H2,14,16,20). The van der Waals surface area contributed by atoms with Crippen LogP contribution in [0, 0.1) is 0 Å². The van der Waals surface area contributed by atoms with Crippen LogP contribution >= 0.6 is 0 Å². The molecule has 0 aliphatic heterocycles. The van der Waals surface area contributed by atoms with E-state index in [1.54, 1.807) is 0 Å². The van der Waals surface area contributed by atoms with Crippen molar-refractivity contribution in [3.05, 3.63) is 29.8 Å². The van der Waals surface area contributed by atoms with Crippen LogP contribution in [0.4, 0.5) is 10.5 Å². The number of rotatable bonds is 6. The van der Waals surface area contributed by atoms with Gasteiger partial charge in [0.1, 0.15) is 6.54 Å². The molecule has 8 nitrogen and oxygen atoms in total. The molecule has 0 atom stereocenters. The van der Waals surface area contributed by atoms with Gasteiger partial charge in [-0.15, -0.1) is 0 Å². The van der Waals surface area contributed by atoms with Gasteiger partial charge in [0.05, 0.1) is 0 Å². The molecular formula is C12H16N4O4. The summed E-state index contributed by atoms with van der Waals surface area (Å²) in [7, 11) is 0. The number of carboxylic acids is 1. The first-order valence-electron chi connectivity index (χ1n) is 5.88. The molecule has 108 valence electrons. The fourth-order valence-electron chi connectivity index (χ4n) is 1.32. The normalized spacial score (nSPS) is 9.65. The van der Waals surface area contributed by atoms with Crippen molar-refractivity contribution >= 4 is 23.6 Å². The number of aliphatic carboxylic acids is 1. The number of hydrogen-bond donors (Lipinski definition) is 5. The van der Waals surface area contributed by atoms with Gasteiger partial charge in [-0.3, -0.25) is 9.59 Å². The fraction of sp³-hybridized carbons (Fsp3) is 0.250. The summed E-state index contributed by atoms with van der Waals surface area (Å²) in [5.41, 5.74) is 6.06. The first-order chi connectivity index (χ1) is 9.52. The summed E-state index contributed by atoms with van der Waals surface area (Å²) in [5.74, 6) is -1.61. The van der Waals surface area contributed by atoms with E-state index in [1.165, 1.54) is 24.3 Å². The highest BCUT2D eigenvalue weighted by atomic mass is 16.4. The molecule has 3 amide bonds. The van der Waals surface area contributed by atoms with Crippen molar-refractivity contribution in [2.24, 2.45) is 5.73 Å². The van der Waals surface area contributed by atoms with E-state index in [1.807, 2.05) is 0 Å². The Balaban J connectivity index is 2.53. The third-order valence-corrected chi connectivity index (χ3v) is 2.24. The third kappa shape index (κ3) is 5.36. The fourth-order valence-corrected chi connectivity index (χ4v) is 1.32. The highest BCUT2D eigenvalue weighted by molar-refractivity contribution is 5.96. The Morgan fingerprint density at radius 3 is 2.30 bits per heavy atom. The number of urea groups is 1. The van der Waals surface area contributed by atoms with Gasteiger partial charge < -0.3 is 26.8 Å². The van der Waals surface area contributed by atoms with Crippen molar-refractivity contribution < 1.29 is 19.5 Å². The molecule has 0 spiro atoms. The highest BCUT2D eigenvalue weighted by Crippen LogP contribution is 2.09. The second-order valence-electron chi connectivity index (χ2n) is 3.82. The van der Waals surface area contributed by atoms with Crippen LogP contribution in [0.2, 0.25) is 0 Å². The Morgan fingerprint density at radius 2 is 1.75 bits per heavy atom. The smallest absolute Gasteiger partial charge is 0.322 e. The minimum absolute atomic E-state index is 0.305. The number of nitrogens with two attached hydrogens (primary N) is 1. The summed E-state index contributed by atoms with van der Waals surface area (Å²) in [6, 6.07) is 5.65. The molecule has 0 radical (unpaired) electrons. The number of carboxylic acid groups (broad SMARTS) is 1. The molecule has 1 rings (SSSR count). The van der Waals surface area contributed by atoms with E-state index in [9.17, 15) is 14.4 Å². The summed E-state index contributed by atoms with van der Waals surface area (Å²) in [6.45, 7) is 0.262. The van der Waals surface area contributed by atoms with E-state index in [-0.39, 0.29) is 0 Å². The van der Waals surface area contributed by atoms with Gasteiger partial charge in [0.25, 0.3) is 5.91 Å². The number of anilines is 1. The quantitative estimate of drug-likeness (QED) is 0.482. The van der Waals surface area contributed by atoms with Crippen LogP contribution in [-0.2, 0) is 4.79 Å². The Bertz CT molecular complexity index is 487. The van der Waals surface area contributed by atoms with E-state index < -0.39 is 24.5 Å². The largest absolute Gasteiger partial charge is 0.480 e. The molecule has 0 saturated heterocycles. The number of carbonyl (C=O) groups excluding carboxylic acids is 2. The summed E-state index contributed by atoms with van der Waals surface area (Å²) in [6.07, 6.45) is 0. The van der Waals surface area contributed by atoms with E-state index >= 15 is 0 Å². The van der Waals surface area contributed by atoms with Gasteiger partial charge in [-0.1, -0.05) is 0 Å². The van der Waals surface area contributed by atoms with Crippen molar-refractivity contribution in [1.29, 1.82) is 0 Å². The van der Waals surface area contributed by atoms with Gasteiger partial charge in [0.15, 0.2) is 0 Å². The zero-order chi connectivity index (χ0) is 15.0. The average molecular weight is 280 g/mol. The lowest BCUT2D eigenvalue weighted by Crippen LogP contribution is -2.32. The topological polar surface area (TPSA) is 134 Å². The zero-order valence-corrected chi connectivity index (χ0v) is 10.7. The first-order valence-corrected chi connectivity index (χ1v) is 5.88. The van der Waals surface area contributed by atoms with Crippen LogP contribution in [0.3, 0.4) is 0 Å². The molecule has 0 aliphatic rings. The number of amides is 3. The van der Waals surface area contributed by atoms with E-state index in [0.29, 0.717) is 24.3 Å².